The van der Waals surface area contributed by atoms with Crippen molar-refractivity contribution in [3.8, 4) is 0 Å². The highest BCUT2D eigenvalue weighted by molar-refractivity contribution is 9.10. The lowest BCUT2D eigenvalue weighted by Crippen LogP contribution is -2.01. The van der Waals surface area contributed by atoms with Crippen LogP contribution >= 0.6 is 27.5 Å². The van der Waals surface area contributed by atoms with Crippen molar-refractivity contribution < 1.29 is 4.92 Å². The molecule has 0 radical (unpaired) electrons. The molecule has 0 unspecified atom stereocenters. The van der Waals surface area contributed by atoms with Gasteiger partial charge in [0.1, 0.15) is 5.69 Å². The van der Waals surface area contributed by atoms with E-state index in [1.165, 1.54) is 0 Å². The number of hydrogen-bond donors (Lipinski definition) is 1. The van der Waals surface area contributed by atoms with Gasteiger partial charge in [-0.2, -0.15) is 0 Å². The standard InChI is InChI=1S/C7H7BrClN3O2/c1-3-4(8)5(10-2)6(12(13)14)7(9)11-3/h1-2H3,(H,10,11). The zero-order chi connectivity index (χ0) is 10.9. The second-order valence-corrected chi connectivity index (χ2v) is 3.68. The minimum absolute atomic E-state index is 0.111. The van der Waals surface area contributed by atoms with E-state index < -0.39 is 4.92 Å². The Balaban J connectivity index is 3.55. The van der Waals surface area contributed by atoms with Crippen LogP contribution in [0.3, 0.4) is 0 Å². The van der Waals surface area contributed by atoms with Gasteiger partial charge in [0.25, 0.3) is 0 Å². The van der Waals surface area contributed by atoms with Gasteiger partial charge in [-0.05, 0) is 22.9 Å². The van der Waals surface area contributed by atoms with Gasteiger partial charge in [-0.1, -0.05) is 11.6 Å². The maximum Gasteiger partial charge on any atom is 0.330 e. The third-order valence-electron chi connectivity index (χ3n) is 1.67. The predicted molar refractivity (Wildman–Crippen MR) is 57.9 cm³/mol. The Bertz CT molecular complexity index is 397. The van der Waals surface area contributed by atoms with Gasteiger partial charge in [0.2, 0.25) is 5.15 Å². The summed E-state index contributed by atoms with van der Waals surface area (Å²) in [6.07, 6.45) is 0. The normalized spacial score (nSPS) is 10.0. The summed E-state index contributed by atoms with van der Waals surface area (Å²) in [5, 5.41) is 13.3. The van der Waals surface area contributed by atoms with E-state index in [-0.39, 0.29) is 10.8 Å². The summed E-state index contributed by atoms with van der Waals surface area (Å²) in [6.45, 7) is 1.71. The van der Waals surface area contributed by atoms with Crippen LogP contribution in [0.25, 0.3) is 0 Å². The maximum atomic E-state index is 10.7. The topological polar surface area (TPSA) is 68.1 Å². The van der Waals surface area contributed by atoms with Crippen LogP contribution < -0.4 is 5.32 Å². The average Bonchev–Trinajstić information content (AvgIpc) is 2.09. The molecule has 1 heterocycles. The first-order valence-corrected chi connectivity index (χ1v) is 4.83. The molecule has 76 valence electrons. The van der Waals surface area contributed by atoms with E-state index in [2.05, 4.69) is 26.2 Å². The molecule has 0 aliphatic carbocycles. The molecule has 1 rings (SSSR count). The lowest BCUT2D eigenvalue weighted by atomic mass is 10.3. The Morgan fingerprint density at radius 2 is 2.21 bits per heavy atom. The Kier molecular flexibility index (Phi) is 3.28. The van der Waals surface area contributed by atoms with Gasteiger partial charge < -0.3 is 5.32 Å². The van der Waals surface area contributed by atoms with Crippen LogP contribution in [-0.2, 0) is 0 Å². The molecular weight excluding hydrogens is 273 g/mol. The fourth-order valence-corrected chi connectivity index (χ4v) is 1.80. The molecule has 5 nitrogen and oxygen atoms in total. The Labute approximate surface area is 93.8 Å². The second-order valence-electron chi connectivity index (χ2n) is 2.53. The first kappa shape index (κ1) is 11.2. The quantitative estimate of drug-likeness (QED) is 0.514. The summed E-state index contributed by atoms with van der Waals surface area (Å²) >= 11 is 8.87. The van der Waals surface area contributed by atoms with Crippen molar-refractivity contribution in [1.82, 2.24) is 4.98 Å². The average molecular weight is 281 g/mol. The second kappa shape index (κ2) is 4.10. The number of aromatic nitrogens is 1. The van der Waals surface area contributed by atoms with Gasteiger partial charge in [0, 0.05) is 7.05 Å². The van der Waals surface area contributed by atoms with E-state index in [1.807, 2.05) is 0 Å². The third-order valence-corrected chi connectivity index (χ3v) is 2.90. The number of pyridine rings is 1. The number of nitrogens with one attached hydrogen (secondary N) is 1. The summed E-state index contributed by atoms with van der Waals surface area (Å²) in [4.78, 5) is 14.0. The first-order chi connectivity index (χ1) is 6.49. The van der Waals surface area contributed by atoms with Gasteiger partial charge in [0.15, 0.2) is 0 Å². The molecule has 0 bridgehead atoms. The van der Waals surface area contributed by atoms with Crippen LogP contribution in [0, 0.1) is 17.0 Å². The highest BCUT2D eigenvalue weighted by atomic mass is 79.9. The fraction of sp³-hybridized carbons (Fsp3) is 0.286. The van der Waals surface area contributed by atoms with Crippen LogP contribution in [0.5, 0.6) is 0 Å². The van der Waals surface area contributed by atoms with Crippen LogP contribution in [0.4, 0.5) is 11.4 Å². The third kappa shape index (κ3) is 1.80. The maximum absolute atomic E-state index is 10.7. The minimum atomic E-state index is -0.564. The van der Waals surface area contributed by atoms with Gasteiger partial charge in [-0.3, -0.25) is 10.1 Å². The van der Waals surface area contributed by atoms with E-state index in [9.17, 15) is 10.1 Å². The molecule has 1 aromatic heterocycles. The molecule has 1 N–H and O–H groups in total. The summed E-state index contributed by atoms with van der Waals surface area (Å²) in [6, 6.07) is 0. The van der Waals surface area contributed by atoms with Crippen molar-refractivity contribution in [1.29, 1.82) is 0 Å². The van der Waals surface area contributed by atoms with Crippen LogP contribution in [0.2, 0.25) is 5.15 Å². The van der Waals surface area contributed by atoms with Gasteiger partial charge >= 0.3 is 5.69 Å². The Hall–Kier alpha value is -0.880. The molecule has 0 saturated heterocycles. The van der Waals surface area contributed by atoms with Crippen molar-refractivity contribution in [3.63, 3.8) is 0 Å². The van der Waals surface area contributed by atoms with Crippen molar-refractivity contribution in [2.24, 2.45) is 0 Å². The zero-order valence-electron chi connectivity index (χ0n) is 7.47. The Morgan fingerprint density at radius 1 is 1.64 bits per heavy atom. The molecule has 0 fully saturated rings. The monoisotopic (exact) mass is 279 g/mol. The minimum Gasteiger partial charge on any atom is -0.381 e. The van der Waals surface area contributed by atoms with Gasteiger partial charge in [0.05, 0.1) is 15.1 Å². The summed E-state index contributed by atoms with van der Waals surface area (Å²) < 4.78 is 0.552. The number of anilines is 1. The molecule has 7 heteroatoms. The largest absolute Gasteiger partial charge is 0.381 e. The van der Waals surface area contributed by atoms with Crippen molar-refractivity contribution in [2.45, 2.75) is 6.92 Å². The van der Waals surface area contributed by atoms with E-state index >= 15 is 0 Å². The van der Waals surface area contributed by atoms with E-state index in [0.717, 1.165) is 0 Å². The van der Waals surface area contributed by atoms with Crippen LogP contribution in [0.1, 0.15) is 5.69 Å². The number of hydrogen-bond acceptors (Lipinski definition) is 4. The highest BCUT2D eigenvalue weighted by Crippen LogP contribution is 2.38. The van der Waals surface area contributed by atoms with E-state index in [4.69, 9.17) is 11.6 Å². The number of nitro groups is 1. The predicted octanol–water partition coefficient (Wildman–Crippen LogP) is 2.76. The first-order valence-electron chi connectivity index (χ1n) is 3.66. The SMILES string of the molecule is CNc1c(Br)c(C)nc(Cl)c1[N+](=O)[O-]. The molecule has 0 spiro atoms. The molecule has 0 aliphatic heterocycles. The number of rotatable bonds is 2. The van der Waals surface area contributed by atoms with Gasteiger partial charge in [-0.15, -0.1) is 0 Å². The van der Waals surface area contributed by atoms with Crippen LogP contribution in [0.15, 0.2) is 4.47 Å². The van der Waals surface area contributed by atoms with Crippen molar-refractivity contribution in [2.75, 3.05) is 12.4 Å². The molecule has 14 heavy (non-hydrogen) atoms. The molecule has 0 atom stereocenters. The van der Waals surface area contributed by atoms with E-state index in [1.54, 1.807) is 14.0 Å². The smallest absolute Gasteiger partial charge is 0.330 e. The molecule has 1 aromatic rings. The Morgan fingerprint density at radius 3 is 2.64 bits per heavy atom. The summed E-state index contributed by atoms with van der Waals surface area (Å²) in [7, 11) is 1.59. The number of nitrogens with zero attached hydrogens (tertiary/aromatic N) is 2. The fourth-order valence-electron chi connectivity index (χ4n) is 1.03. The molecule has 0 amide bonds. The lowest BCUT2D eigenvalue weighted by Gasteiger charge is -2.07. The molecule has 0 saturated carbocycles. The zero-order valence-corrected chi connectivity index (χ0v) is 9.81. The number of halogens is 2. The highest BCUT2D eigenvalue weighted by Gasteiger charge is 2.23. The molecule has 0 aliphatic rings. The van der Waals surface area contributed by atoms with E-state index in [0.29, 0.717) is 15.9 Å². The molecule has 0 aromatic carbocycles. The lowest BCUT2D eigenvalue weighted by molar-refractivity contribution is -0.384. The van der Waals surface area contributed by atoms with Crippen molar-refractivity contribution >= 4 is 38.9 Å². The summed E-state index contributed by atoms with van der Waals surface area (Å²) in [5.41, 5.74) is 0.726. The van der Waals surface area contributed by atoms with Gasteiger partial charge in [-0.25, -0.2) is 4.98 Å². The van der Waals surface area contributed by atoms with Crippen molar-refractivity contribution in [3.05, 3.63) is 25.4 Å². The van der Waals surface area contributed by atoms with Crippen LogP contribution in [-0.4, -0.2) is 17.0 Å². The molecular formula is C7H7BrClN3O2. The number of aryl methyl sites for hydroxylation is 1. The summed E-state index contributed by atoms with van der Waals surface area (Å²) in [5.74, 6) is 0.